The second-order valence-electron chi connectivity index (χ2n) is 5.02. The van der Waals surface area contributed by atoms with Crippen molar-refractivity contribution in [3.63, 3.8) is 0 Å². The summed E-state index contributed by atoms with van der Waals surface area (Å²) in [4.78, 5) is 2.14. The Morgan fingerprint density at radius 2 is 2.28 bits per heavy atom. The molecule has 18 heavy (non-hydrogen) atoms. The van der Waals surface area contributed by atoms with Gasteiger partial charge in [-0.25, -0.2) is 4.39 Å². The Labute approximate surface area is 107 Å². The van der Waals surface area contributed by atoms with Gasteiger partial charge in [-0.05, 0) is 43.0 Å². The average Bonchev–Trinajstić information content (AvgIpc) is 2.39. The summed E-state index contributed by atoms with van der Waals surface area (Å²) in [6.45, 7) is 2.44. The number of benzene rings is 1. The SMILES string of the molecule is OCC1CCCN(CC(O)c2cccc(F)c2)C1. The molecule has 1 saturated heterocycles. The Morgan fingerprint density at radius 3 is 3.00 bits per heavy atom. The number of nitrogens with zero attached hydrogens (tertiary/aromatic N) is 1. The van der Waals surface area contributed by atoms with E-state index < -0.39 is 6.10 Å². The van der Waals surface area contributed by atoms with E-state index in [2.05, 4.69) is 4.90 Å². The number of hydrogen-bond acceptors (Lipinski definition) is 3. The zero-order valence-electron chi connectivity index (χ0n) is 10.4. The van der Waals surface area contributed by atoms with E-state index in [0.717, 1.165) is 25.9 Å². The van der Waals surface area contributed by atoms with Crippen LogP contribution in [0.2, 0.25) is 0 Å². The molecule has 0 spiro atoms. The molecule has 100 valence electrons. The van der Waals surface area contributed by atoms with Gasteiger partial charge in [0.15, 0.2) is 0 Å². The van der Waals surface area contributed by atoms with Crippen LogP contribution >= 0.6 is 0 Å². The molecule has 1 aliphatic heterocycles. The van der Waals surface area contributed by atoms with Crippen LogP contribution in [0.5, 0.6) is 0 Å². The molecule has 1 heterocycles. The molecular weight excluding hydrogens is 233 g/mol. The van der Waals surface area contributed by atoms with Crippen molar-refractivity contribution in [1.82, 2.24) is 4.90 Å². The van der Waals surface area contributed by atoms with Gasteiger partial charge in [0.05, 0.1) is 6.10 Å². The highest BCUT2D eigenvalue weighted by molar-refractivity contribution is 5.19. The summed E-state index contributed by atoms with van der Waals surface area (Å²) < 4.78 is 13.1. The van der Waals surface area contributed by atoms with Crippen molar-refractivity contribution in [2.75, 3.05) is 26.2 Å². The third kappa shape index (κ3) is 3.51. The van der Waals surface area contributed by atoms with Gasteiger partial charge in [-0.15, -0.1) is 0 Å². The molecule has 2 atom stereocenters. The smallest absolute Gasteiger partial charge is 0.123 e. The quantitative estimate of drug-likeness (QED) is 0.856. The molecule has 1 aliphatic rings. The van der Waals surface area contributed by atoms with Crippen molar-refractivity contribution in [2.45, 2.75) is 18.9 Å². The zero-order valence-corrected chi connectivity index (χ0v) is 10.4. The number of piperidine rings is 1. The molecule has 0 radical (unpaired) electrons. The van der Waals surface area contributed by atoms with Crippen LogP contribution in [0.4, 0.5) is 4.39 Å². The van der Waals surface area contributed by atoms with Gasteiger partial charge in [0.2, 0.25) is 0 Å². The standard InChI is InChI=1S/C14H20FNO2/c15-13-5-1-4-12(7-13)14(18)9-16-6-2-3-11(8-16)10-17/h1,4-5,7,11,14,17-18H,2-3,6,8-10H2. The van der Waals surface area contributed by atoms with Crippen LogP contribution in [0.3, 0.4) is 0 Å². The first-order valence-electron chi connectivity index (χ1n) is 6.46. The lowest BCUT2D eigenvalue weighted by molar-refractivity contribution is 0.0676. The van der Waals surface area contributed by atoms with E-state index in [1.165, 1.54) is 12.1 Å². The van der Waals surface area contributed by atoms with Crippen molar-refractivity contribution in [3.8, 4) is 0 Å². The number of halogens is 1. The molecule has 2 unspecified atom stereocenters. The van der Waals surface area contributed by atoms with Crippen LogP contribution < -0.4 is 0 Å². The van der Waals surface area contributed by atoms with Gasteiger partial charge in [-0.3, -0.25) is 0 Å². The molecule has 0 bridgehead atoms. The molecule has 4 heteroatoms. The number of aliphatic hydroxyl groups is 2. The molecule has 2 N–H and O–H groups in total. The Bertz CT molecular complexity index is 386. The molecule has 1 fully saturated rings. The minimum absolute atomic E-state index is 0.201. The molecule has 0 saturated carbocycles. The number of rotatable bonds is 4. The second kappa shape index (κ2) is 6.27. The lowest BCUT2D eigenvalue weighted by Crippen LogP contribution is -2.39. The first-order chi connectivity index (χ1) is 8.69. The number of aliphatic hydroxyl groups excluding tert-OH is 2. The van der Waals surface area contributed by atoms with E-state index in [1.807, 2.05) is 0 Å². The summed E-state index contributed by atoms with van der Waals surface area (Å²) in [5.41, 5.74) is 0.612. The molecule has 3 nitrogen and oxygen atoms in total. The number of β-amino-alcohol motifs (C(OH)–C–C–N with tert-alkyl or cyclic N) is 1. The molecule has 1 aromatic rings. The van der Waals surface area contributed by atoms with Gasteiger partial charge in [-0.1, -0.05) is 12.1 Å². The van der Waals surface area contributed by atoms with Crippen molar-refractivity contribution < 1.29 is 14.6 Å². The lowest BCUT2D eigenvalue weighted by atomic mass is 9.98. The normalized spacial score (nSPS) is 22.9. The highest BCUT2D eigenvalue weighted by atomic mass is 19.1. The molecule has 1 aromatic carbocycles. The second-order valence-corrected chi connectivity index (χ2v) is 5.02. The molecule has 0 aromatic heterocycles. The number of hydrogen-bond donors (Lipinski definition) is 2. The Morgan fingerprint density at radius 1 is 1.44 bits per heavy atom. The minimum atomic E-state index is -0.668. The van der Waals surface area contributed by atoms with Crippen LogP contribution in [0, 0.1) is 11.7 Å². The van der Waals surface area contributed by atoms with Crippen molar-refractivity contribution in [2.24, 2.45) is 5.92 Å². The van der Waals surface area contributed by atoms with E-state index in [4.69, 9.17) is 5.11 Å². The largest absolute Gasteiger partial charge is 0.396 e. The van der Waals surface area contributed by atoms with Crippen molar-refractivity contribution in [1.29, 1.82) is 0 Å². The lowest BCUT2D eigenvalue weighted by Gasteiger charge is -2.33. The van der Waals surface area contributed by atoms with Gasteiger partial charge in [-0.2, -0.15) is 0 Å². The molecule has 2 rings (SSSR count). The van der Waals surface area contributed by atoms with Gasteiger partial charge in [0, 0.05) is 19.7 Å². The van der Waals surface area contributed by atoms with E-state index >= 15 is 0 Å². The summed E-state index contributed by atoms with van der Waals surface area (Å²) in [6.07, 6.45) is 1.42. The highest BCUT2D eigenvalue weighted by Gasteiger charge is 2.21. The monoisotopic (exact) mass is 253 g/mol. The summed E-state index contributed by atoms with van der Waals surface area (Å²) in [7, 11) is 0. The van der Waals surface area contributed by atoms with Crippen LogP contribution in [0.1, 0.15) is 24.5 Å². The summed E-state index contributed by atoms with van der Waals surface area (Å²) >= 11 is 0. The third-order valence-electron chi connectivity index (χ3n) is 3.53. The van der Waals surface area contributed by atoms with E-state index in [0.29, 0.717) is 18.0 Å². The molecule has 0 amide bonds. The maximum absolute atomic E-state index is 13.1. The molecular formula is C14H20FNO2. The Hall–Kier alpha value is -0.970. The minimum Gasteiger partial charge on any atom is -0.396 e. The highest BCUT2D eigenvalue weighted by Crippen LogP contribution is 2.20. The van der Waals surface area contributed by atoms with E-state index in [1.54, 1.807) is 12.1 Å². The van der Waals surface area contributed by atoms with Crippen LogP contribution in [-0.2, 0) is 0 Å². The maximum Gasteiger partial charge on any atom is 0.123 e. The number of likely N-dealkylation sites (tertiary alicyclic amines) is 1. The van der Waals surface area contributed by atoms with E-state index in [-0.39, 0.29) is 12.4 Å². The molecule has 0 aliphatic carbocycles. The van der Waals surface area contributed by atoms with Crippen molar-refractivity contribution >= 4 is 0 Å². The topological polar surface area (TPSA) is 43.7 Å². The van der Waals surface area contributed by atoms with Crippen molar-refractivity contribution in [3.05, 3.63) is 35.6 Å². The van der Waals surface area contributed by atoms with Gasteiger partial charge in [0.25, 0.3) is 0 Å². The zero-order chi connectivity index (χ0) is 13.0. The van der Waals surface area contributed by atoms with Crippen LogP contribution in [-0.4, -0.2) is 41.4 Å². The first-order valence-corrected chi connectivity index (χ1v) is 6.46. The predicted octanol–water partition coefficient (Wildman–Crippen LogP) is 1.56. The van der Waals surface area contributed by atoms with Crippen LogP contribution in [0.25, 0.3) is 0 Å². The summed E-state index contributed by atoms with van der Waals surface area (Å²) in [5, 5.41) is 19.2. The fraction of sp³-hybridized carbons (Fsp3) is 0.571. The maximum atomic E-state index is 13.1. The van der Waals surface area contributed by atoms with Gasteiger partial charge in [0.1, 0.15) is 5.82 Å². The van der Waals surface area contributed by atoms with Gasteiger partial charge >= 0.3 is 0 Å². The Balaban J connectivity index is 1.92. The fourth-order valence-electron chi connectivity index (χ4n) is 2.53. The summed E-state index contributed by atoms with van der Waals surface area (Å²) in [6, 6.07) is 6.10. The average molecular weight is 253 g/mol. The summed E-state index contributed by atoms with van der Waals surface area (Å²) in [5.74, 6) is -0.0168. The third-order valence-corrected chi connectivity index (χ3v) is 3.53. The first kappa shape index (κ1) is 13.5. The predicted molar refractivity (Wildman–Crippen MR) is 67.6 cm³/mol. The fourth-order valence-corrected chi connectivity index (χ4v) is 2.53. The van der Waals surface area contributed by atoms with E-state index in [9.17, 15) is 9.50 Å². The Kier molecular flexibility index (Phi) is 4.69. The van der Waals surface area contributed by atoms with Gasteiger partial charge < -0.3 is 15.1 Å². The van der Waals surface area contributed by atoms with Crippen LogP contribution in [0.15, 0.2) is 24.3 Å².